The minimum absolute atomic E-state index is 0.578. The molecule has 0 aliphatic heterocycles. The summed E-state index contributed by atoms with van der Waals surface area (Å²) in [5, 5.41) is 3.30. The lowest BCUT2D eigenvalue weighted by Gasteiger charge is -2.12. The van der Waals surface area contributed by atoms with Gasteiger partial charge in [0, 0.05) is 28.2 Å². The van der Waals surface area contributed by atoms with E-state index in [0.717, 1.165) is 0 Å². The van der Waals surface area contributed by atoms with Crippen LogP contribution in [0.2, 0.25) is 0 Å². The van der Waals surface area contributed by atoms with Gasteiger partial charge >= 0.3 is 0 Å². The highest BCUT2D eigenvalue weighted by atomic mass is 16.7. The number of hydrogen-bond acceptors (Lipinski definition) is 5. The van der Waals surface area contributed by atoms with Gasteiger partial charge in [0.2, 0.25) is 0 Å². The van der Waals surface area contributed by atoms with Crippen LogP contribution < -0.4 is 0 Å². The van der Waals surface area contributed by atoms with Crippen LogP contribution >= 0.6 is 0 Å². The van der Waals surface area contributed by atoms with E-state index in [1.165, 1.54) is 0 Å². The van der Waals surface area contributed by atoms with Gasteiger partial charge in [-0.05, 0) is 0 Å². The fourth-order valence-corrected chi connectivity index (χ4v) is 0.660. The molecule has 0 aromatic carbocycles. The van der Waals surface area contributed by atoms with Crippen molar-refractivity contribution >= 4 is 0 Å². The lowest BCUT2D eigenvalue weighted by molar-refractivity contribution is -0.151. The molecule has 0 aliphatic rings. The molecule has 0 heterocycles. The van der Waals surface area contributed by atoms with Gasteiger partial charge in [0.1, 0.15) is 0 Å². The average molecular weight is 192 g/mol. The second kappa shape index (κ2) is 8.40. The third-order valence-corrected chi connectivity index (χ3v) is 1.15. The van der Waals surface area contributed by atoms with Gasteiger partial charge in [-0.25, -0.2) is 0 Å². The molecule has 5 heteroatoms. The predicted octanol–water partition coefficient (Wildman–Crippen LogP) is -0.0106. The molecule has 13 heavy (non-hydrogen) atoms. The molecule has 5 nitrogen and oxygen atoms in total. The summed E-state index contributed by atoms with van der Waals surface area (Å²) < 4.78 is 5.23. The van der Waals surface area contributed by atoms with E-state index in [4.69, 9.17) is 14.4 Å². The molecular weight excluding hydrogens is 172 g/mol. The quantitative estimate of drug-likeness (QED) is 0.399. The summed E-state index contributed by atoms with van der Waals surface area (Å²) in [6, 6.07) is 0. The maximum absolute atomic E-state index is 5.23. The summed E-state index contributed by atoms with van der Waals surface area (Å²) in [6.07, 6.45) is 0. The fraction of sp³-hybridized carbons (Fsp3) is 1.00. The van der Waals surface area contributed by atoms with Gasteiger partial charge in [-0.3, -0.25) is 9.68 Å². The maximum Gasteiger partial charge on any atom is 0.0918 e. The molecule has 0 aliphatic carbocycles. The molecule has 0 aromatic heterocycles. The van der Waals surface area contributed by atoms with Gasteiger partial charge in [0.15, 0.2) is 0 Å². The largest absolute Gasteiger partial charge is 0.377 e. The van der Waals surface area contributed by atoms with Crippen LogP contribution in [0.15, 0.2) is 0 Å². The van der Waals surface area contributed by atoms with Crippen LogP contribution in [0.3, 0.4) is 0 Å². The SMILES string of the molecule is CN(C)OCCOCCON(C)C. The Balaban J connectivity index is 2.92. The van der Waals surface area contributed by atoms with Crippen molar-refractivity contribution in [3.63, 3.8) is 0 Å². The molecule has 0 amide bonds. The second-order valence-corrected chi connectivity index (χ2v) is 2.90. The Labute approximate surface area is 80.1 Å². The molecule has 0 aromatic rings. The fourth-order valence-electron chi connectivity index (χ4n) is 0.660. The van der Waals surface area contributed by atoms with Crippen molar-refractivity contribution in [2.75, 3.05) is 54.6 Å². The summed E-state index contributed by atoms with van der Waals surface area (Å²) >= 11 is 0. The molecule has 0 fully saturated rings. The Kier molecular flexibility index (Phi) is 8.27. The van der Waals surface area contributed by atoms with Crippen molar-refractivity contribution < 1.29 is 14.4 Å². The molecular formula is C8H20N2O3. The summed E-state index contributed by atoms with van der Waals surface area (Å²) in [5.74, 6) is 0. The van der Waals surface area contributed by atoms with Crippen molar-refractivity contribution in [3.05, 3.63) is 0 Å². The molecule has 0 N–H and O–H groups in total. The van der Waals surface area contributed by atoms with Crippen LogP contribution in [-0.4, -0.2) is 64.7 Å². The average Bonchev–Trinajstić information content (AvgIpc) is 2.01. The normalized spacial score (nSPS) is 11.5. The number of rotatable bonds is 8. The maximum atomic E-state index is 5.23. The van der Waals surface area contributed by atoms with Gasteiger partial charge in [0.05, 0.1) is 26.4 Å². The van der Waals surface area contributed by atoms with Crippen molar-refractivity contribution in [2.45, 2.75) is 0 Å². The summed E-state index contributed by atoms with van der Waals surface area (Å²) in [7, 11) is 7.37. The topological polar surface area (TPSA) is 34.2 Å². The van der Waals surface area contributed by atoms with Crippen LogP contribution in [0.4, 0.5) is 0 Å². The van der Waals surface area contributed by atoms with Crippen LogP contribution in [0, 0.1) is 0 Å². The first kappa shape index (κ1) is 12.8. The molecule has 0 atom stereocenters. The van der Waals surface area contributed by atoms with E-state index in [9.17, 15) is 0 Å². The Bertz CT molecular complexity index is 97.6. The number of ether oxygens (including phenoxy) is 1. The third-order valence-electron chi connectivity index (χ3n) is 1.15. The molecule has 80 valence electrons. The van der Waals surface area contributed by atoms with Crippen LogP contribution in [0.25, 0.3) is 0 Å². The van der Waals surface area contributed by atoms with Crippen LogP contribution in [0.1, 0.15) is 0 Å². The standard InChI is InChI=1S/C8H20N2O3/c1-9(2)12-7-5-11-6-8-13-10(3)4/h5-8H2,1-4H3. The lowest BCUT2D eigenvalue weighted by atomic mass is 10.7. The van der Waals surface area contributed by atoms with E-state index in [1.807, 2.05) is 28.2 Å². The molecule has 0 bridgehead atoms. The first-order valence-electron chi connectivity index (χ1n) is 4.31. The monoisotopic (exact) mass is 192 g/mol. The predicted molar refractivity (Wildman–Crippen MR) is 50.1 cm³/mol. The van der Waals surface area contributed by atoms with Gasteiger partial charge in [0.25, 0.3) is 0 Å². The Morgan fingerprint density at radius 3 is 1.38 bits per heavy atom. The Hall–Kier alpha value is -0.200. The molecule has 0 spiro atoms. The van der Waals surface area contributed by atoms with Crippen molar-refractivity contribution in [2.24, 2.45) is 0 Å². The zero-order valence-corrected chi connectivity index (χ0v) is 8.95. The number of hydrogen-bond donors (Lipinski definition) is 0. The van der Waals surface area contributed by atoms with Gasteiger partial charge in [-0.2, -0.15) is 10.1 Å². The highest BCUT2D eigenvalue weighted by Crippen LogP contribution is 1.83. The Morgan fingerprint density at radius 2 is 1.08 bits per heavy atom. The van der Waals surface area contributed by atoms with E-state index < -0.39 is 0 Å². The van der Waals surface area contributed by atoms with Crippen molar-refractivity contribution in [1.29, 1.82) is 0 Å². The first-order valence-corrected chi connectivity index (χ1v) is 4.31. The van der Waals surface area contributed by atoms with Crippen molar-refractivity contribution in [3.8, 4) is 0 Å². The summed E-state index contributed by atoms with van der Waals surface area (Å²) in [5.41, 5.74) is 0. The van der Waals surface area contributed by atoms with E-state index >= 15 is 0 Å². The van der Waals surface area contributed by atoms with E-state index in [0.29, 0.717) is 26.4 Å². The summed E-state index contributed by atoms with van der Waals surface area (Å²) in [6.45, 7) is 2.34. The number of hydroxylamine groups is 4. The highest BCUT2D eigenvalue weighted by Gasteiger charge is 1.92. The molecule has 0 saturated heterocycles. The van der Waals surface area contributed by atoms with Gasteiger partial charge in [-0.15, -0.1) is 0 Å². The van der Waals surface area contributed by atoms with Gasteiger partial charge in [-0.1, -0.05) is 0 Å². The van der Waals surface area contributed by atoms with E-state index in [-0.39, 0.29) is 0 Å². The van der Waals surface area contributed by atoms with Crippen molar-refractivity contribution in [1.82, 2.24) is 10.1 Å². The minimum atomic E-state index is 0.578. The van der Waals surface area contributed by atoms with Gasteiger partial charge < -0.3 is 4.74 Å². The third kappa shape index (κ3) is 11.8. The van der Waals surface area contributed by atoms with Crippen LogP contribution in [0.5, 0.6) is 0 Å². The van der Waals surface area contributed by atoms with E-state index in [2.05, 4.69) is 0 Å². The Morgan fingerprint density at radius 1 is 0.692 bits per heavy atom. The summed E-state index contributed by atoms with van der Waals surface area (Å²) in [4.78, 5) is 10.3. The molecule has 0 saturated carbocycles. The first-order chi connectivity index (χ1) is 6.13. The van der Waals surface area contributed by atoms with Crippen LogP contribution in [-0.2, 0) is 14.4 Å². The zero-order valence-electron chi connectivity index (χ0n) is 8.95. The lowest BCUT2D eigenvalue weighted by Crippen LogP contribution is -2.19. The molecule has 0 radical (unpaired) electrons. The molecule has 0 rings (SSSR count). The smallest absolute Gasteiger partial charge is 0.0918 e. The highest BCUT2D eigenvalue weighted by molar-refractivity contribution is 4.29. The molecule has 0 unspecified atom stereocenters. The number of nitrogens with zero attached hydrogens (tertiary/aromatic N) is 2. The minimum Gasteiger partial charge on any atom is -0.377 e. The van der Waals surface area contributed by atoms with E-state index in [1.54, 1.807) is 10.1 Å². The second-order valence-electron chi connectivity index (χ2n) is 2.90. The zero-order chi connectivity index (χ0) is 10.1.